The minimum absolute atomic E-state index is 0.163. The van der Waals surface area contributed by atoms with E-state index in [1.165, 1.54) is 11.1 Å². The predicted molar refractivity (Wildman–Crippen MR) is 134 cm³/mol. The third-order valence-electron chi connectivity index (χ3n) is 5.75. The molecule has 0 saturated carbocycles. The van der Waals surface area contributed by atoms with Gasteiger partial charge >= 0.3 is 0 Å². The van der Waals surface area contributed by atoms with Crippen molar-refractivity contribution in [3.63, 3.8) is 0 Å². The maximum absolute atomic E-state index is 12.9. The van der Waals surface area contributed by atoms with Gasteiger partial charge in [0.2, 0.25) is 0 Å². The number of anilines is 1. The highest BCUT2D eigenvalue weighted by Gasteiger charge is 2.15. The Kier molecular flexibility index (Phi) is 6.97. The molecule has 0 atom stereocenters. The van der Waals surface area contributed by atoms with Crippen molar-refractivity contribution in [2.45, 2.75) is 33.9 Å². The SMILES string of the molecule is COc1ccc(OCc2ccc(C(=O)Nc3c(C)nn(Cc4ccc(C)cc4)c3C)cc2)cc1. The second-order valence-corrected chi connectivity index (χ2v) is 8.30. The number of aryl methyl sites for hydroxylation is 2. The molecule has 0 spiro atoms. The predicted octanol–water partition coefficient (Wildman–Crippen LogP) is 5.70. The van der Waals surface area contributed by atoms with Crippen molar-refractivity contribution in [2.75, 3.05) is 12.4 Å². The van der Waals surface area contributed by atoms with E-state index in [9.17, 15) is 4.79 Å². The summed E-state index contributed by atoms with van der Waals surface area (Å²) in [5.41, 5.74) is 6.43. The lowest BCUT2D eigenvalue weighted by atomic mass is 10.1. The Morgan fingerprint density at radius 3 is 2.12 bits per heavy atom. The van der Waals surface area contributed by atoms with Crippen LogP contribution in [0.3, 0.4) is 0 Å². The standard InChI is InChI=1S/C28H29N3O3/c1-19-5-7-22(8-6-19)17-31-21(3)27(20(2)30-31)29-28(32)24-11-9-23(10-12-24)18-34-26-15-13-25(33-4)14-16-26/h5-16H,17-18H2,1-4H3,(H,29,32). The van der Waals surface area contributed by atoms with Crippen molar-refractivity contribution >= 4 is 11.6 Å². The third kappa shape index (κ3) is 5.46. The number of nitrogens with one attached hydrogen (secondary N) is 1. The normalized spacial score (nSPS) is 10.7. The Hall–Kier alpha value is -4.06. The van der Waals surface area contributed by atoms with E-state index in [1.54, 1.807) is 7.11 Å². The first-order valence-corrected chi connectivity index (χ1v) is 11.2. The molecule has 4 aromatic rings. The number of nitrogens with zero attached hydrogens (tertiary/aromatic N) is 2. The lowest BCUT2D eigenvalue weighted by molar-refractivity contribution is 0.102. The second kappa shape index (κ2) is 10.3. The second-order valence-electron chi connectivity index (χ2n) is 8.30. The van der Waals surface area contributed by atoms with E-state index in [4.69, 9.17) is 9.47 Å². The summed E-state index contributed by atoms with van der Waals surface area (Å²) in [7, 11) is 1.63. The number of carbonyl (C=O) groups is 1. The lowest BCUT2D eigenvalue weighted by Gasteiger charge is -2.09. The van der Waals surface area contributed by atoms with E-state index in [2.05, 4.69) is 41.6 Å². The number of hydrogen-bond donors (Lipinski definition) is 1. The minimum Gasteiger partial charge on any atom is -0.497 e. The molecule has 34 heavy (non-hydrogen) atoms. The monoisotopic (exact) mass is 455 g/mol. The molecule has 3 aromatic carbocycles. The van der Waals surface area contributed by atoms with Gasteiger partial charge in [-0.1, -0.05) is 42.0 Å². The van der Waals surface area contributed by atoms with Gasteiger partial charge < -0.3 is 14.8 Å². The van der Waals surface area contributed by atoms with Gasteiger partial charge in [0.25, 0.3) is 5.91 Å². The molecule has 1 heterocycles. The molecule has 0 unspecified atom stereocenters. The molecule has 0 saturated heterocycles. The van der Waals surface area contributed by atoms with Crippen LogP contribution in [0.2, 0.25) is 0 Å². The highest BCUT2D eigenvalue weighted by Crippen LogP contribution is 2.22. The summed E-state index contributed by atoms with van der Waals surface area (Å²) >= 11 is 0. The van der Waals surface area contributed by atoms with Crippen molar-refractivity contribution in [2.24, 2.45) is 0 Å². The fourth-order valence-corrected chi connectivity index (χ4v) is 3.67. The third-order valence-corrected chi connectivity index (χ3v) is 5.75. The van der Waals surface area contributed by atoms with Crippen molar-refractivity contribution in [1.29, 1.82) is 0 Å². The molecule has 0 aliphatic carbocycles. The van der Waals surface area contributed by atoms with Crippen molar-refractivity contribution < 1.29 is 14.3 Å². The van der Waals surface area contributed by atoms with Crippen molar-refractivity contribution in [3.8, 4) is 11.5 Å². The molecule has 0 aliphatic rings. The summed E-state index contributed by atoms with van der Waals surface area (Å²) in [5.74, 6) is 1.38. The molecule has 174 valence electrons. The first kappa shape index (κ1) is 23.1. The van der Waals surface area contributed by atoms with E-state index in [-0.39, 0.29) is 5.91 Å². The van der Waals surface area contributed by atoms with Gasteiger partial charge in [0.1, 0.15) is 18.1 Å². The van der Waals surface area contributed by atoms with Gasteiger partial charge in [0, 0.05) is 5.56 Å². The van der Waals surface area contributed by atoms with Crippen LogP contribution in [0.1, 0.15) is 38.4 Å². The maximum atomic E-state index is 12.9. The number of methoxy groups -OCH3 is 1. The minimum atomic E-state index is -0.163. The Balaban J connectivity index is 1.38. The summed E-state index contributed by atoms with van der Waals surface area (Å²) in [6, 6.07) is 23.3. The van der Waals surface area contributed by atoms with Gasteiger partial charge in [0.05, 0.1) is 30.7 Å². The molecular formula is C28H29N3O3. The van der Waals surface area contributed by atoms with Crippen LogP contribution in [0, 0.1) is 20.8 Å². The number of benzene rings is 3. The topological polar surface area (TPSA) is 65.4 Å². The molecule has 1 aromatic heterocycles. The number of aromatic nitrogens is 2. The summed E-state index contributed by atoms with van der Waals surface area (Å²) in [5, 5.41) is 7.66. The maximum Gasteiger partial charge on any atom is 0.255 e. The van der Waals surface area contributed by atoms with Gasteiger partial charge in [-0.05, 0) is 68.3 Å². The zero-order chi connectivity index (χ0) is 24.1. The number of carbonyl (C=O) groups excluding carboxylic acids is 1. The van der Waals surface area contributed by atoms with Gasteiger partial charge in [0.15, 0.2) is 0 Å². The van der Waals surface area contributed by atoms with Crippen LogP contribution >= 0.6 is 0 Å². The Morgan fingerprint density at radius 1 is 0.853 bits per heavy atom. The highest BCUT2D eigenvalue weighted by molar-refractivity contribution is 6.04. The molecule has 1 amide bonds. The summed E-state index contributed by atoms with van der Waals surface area (Å²) in [6.07, 6.45) is 0. The van der Waals surface area contributed by atoms with Crippen molar-refractivity contribution in [3.05, 3.63) is 106 Å². The number of ether oxygens (including phenoxy) is 2. The summed E-state index contributed by atoms with van der Waals surface area (Å²) < 4.78 is 12.9. The smallest absolute Gasteiger partial charge is 0.255 e. The van der Waals surface area contributed by atoms with Crippen LogP contribution in [0.4, 0.5) is 5.69 Å². The molecule has 6 heteroatoms. The Bertz CT molecular complexity index is 1260. The van der Waals surface area contributed by atoms with E-state index in [0.717, 1.165) is 34.1 Å². The zero-order valence-corrected chi connectivity index (χ0v) is 20.0. The molecule has 0 aliphatic heterocycles. The highest BCUT2D eigenvalue weighted by atomic mass is 16.5. The van der Waals surface area contributed by atoms with Crippen molar-refractivity contribution in [1.82, 2.24) is 9.78 Å². The van der Waals surface area contributed by atoms with Gasteiger partial charge in [-0.3, -0.25) is 9.48 Å². The Morgan fingerprint density at radius 2 is 1.47 bits per heavy atom. The average Bonchev–Trinajstić information content (AvgIpc) is 3.12. The van der Waals surface area contributed by atoms with Gasteiger partial charge in [-0.15, -0.1) is 0 Å². The first-order chi connectivity index (χ1) is 16.4. The van der Waals surface area contributed by atoms with Crippen LogP contribution < -0.4 is 14.8 Å². The van der Waals surface area contributed by atoms with Crippen LogP contribution in [0.15, 0.2) is 72.8 Å². The molecule has 0 radical (unpaired) electrons. The first-order valence-electron chi connectivity index (χ1n) is 11.2. The van der Waals surface area contributed by atoms with E-state index in [1.807, 2.05) is 67.1 Å². The average molecular weight is 456 g/mol. The fraction of sp³-hybridized carbons (Fsp3) is 0.214. The molecule has 0 fully saturated rings. The zero-order valence-electron chi connectivity index (χ0n) is 20.0. The molecule has 4 rings (SSSR count). The van der Waals surface area contributed by atoms with E-state index < -0.39 is 0 Å². The quantitative estimate of drug-likeness (QED) is 0.370. The number of hydrogen-bond acceptors (Lipinski definition) is 4. The molecular weight excluding hydrogens is 426 g/mol. The van der Waals surface area contributed by atoms with E-state index >= 15 is 0 Å². The van der Waals surface area contributed by atoms with Crippen LogP contribution in [0.25, 0.3) is 0 Å². The Labute approximate surface area is 200 Å². The number of rotatable bonds is 8. The van der Waals surface area contributed by atoms with Crippen LogP contribution in [-0.4, -0.2) is 22.8 Å². The number of amides is 1. The molecule has 6 nitrogen and oxygen atoms in total. The molecule has 0 bridgehead atoms. The summed E-state index contributed by atoms with van der Waals surface area (Å²) in [4.78, 5) is 12.9. The van der Waals surface area contributed by atoms with Crippen LogP contribution in [-0.2, 0) is 13.2 Å². The summed E-state index contributed by atoms with van der Waals surface area (Å²) in [6.45, 7) is 7.03. The van der Waals surface area contributed by atoms with Gasteiger partial charge in [-0.25, -0.2) is 0 Å². The molecule has 1 N–H and O–H groups in total. The largest absolute Gasteiger partial charge is 0.497 e. The van der Waals surface area contributed by atoms with Gasteiger partial charge in [-0.2, -0.15) is 5.10 Å². The lowest BCUT2D eigenvalue weighted by Crippen LogP contribution is -2.13. The van der Waals surface area contributed by atoms with Crippen LogP contribution in [0.5, 0.6) is 11.5 Å². The van der Waals surface area contributed by atoms with E-state index in [0.29, 0.717) is 18.7 Å². The fourth-order valence-electron chi connectivity index (χ4n) is 3.67.